The molecule has 0 aromatic rings. The number of nitrogens with zero attached hydrogens (tertiary/aromatic N) is 1. The van der Waals surface area contributed by atoms with E-state index in [0.29, 0.717) is 5.57 Å². The summed E-state index contributed by atoms with van der Waals surface area (Å²) in [5.41, 5.74) is 1.24. The van der Waals surface area contributed by atoms with Crippen molar-refractivity contribution in [1.82, 2.24) is 0 Å². The van der Waals surface area contributed by atoms with Crippen molar-refractivity contribution in [3.05, 3.63) is 35.5 Å². The van der Waals surface area contributed by atoms with E-state index in [9.17, 15) is 9.59 Å². The number of carbonyl (C=O) groups is 2. The van der Waals surface area contributed by atoms with Crippen LogP contribution in [0.2, 0.25) is 0 Å². The monoisotopic (exact) mass is 203 g/mol. The maximum absolute atomic E-state index is 11.4. The van der Waals surface area contributed by atoms with Crippen LogP contribution >= 0.6 is 0 Å². The molecule has 1 amide bonds. The Labute approximate surface area is 86.6 Å². The van der Waals surface area contributed by atoms with Gasteiger partial charge in [-0.1, -0.05) is 12.2 Å². The zero-order chi connectivity index (χ0) is 10.8. The van der Waals surface area contributed by atoms with Gasteiger partial charge in [0.15, 0.2) is 0 Å². The molecule has 0 fully saturated rings. The minimum Gasteiger partial charge on any atom is -0.465 e. The summed E-state index contributed by atoms with van der Waals surface area (Å²) in [4.78, 5) is 26.3. The zero-order valence-electron chi connectivity index (χ0n) is 8.14. The summed E-state index contributed by atoms with van der Waals surface area (Å²) < 4.78 is 4.58. The van der Waals surface area contributed by atoms with Crippen LogP contribution in [-0.4, -0.2) is 25.2 Å². The topological polar surface area (TPSA) is 55.7 Å². The Balaban J connectivity index is 2.33. The summed E-state index contributed by atoms with van der Waals surface area (Å²) in [6.07, 6.45) is 8.18. The van der Waals surface area contributed by atoms with Crippen LogP contribution in [-0.2, 0) is 14.3 Å². The van der Waals surface area contributed by atoms with Crippen LogP contribution in [0.1, 0.15) is 0 Å². The first-order chi connectivity index (χ1) is 7.22. The highest BCUT2D eigenvalue weighted by atomic mass is 16.5. The third-order valence-electron chi connectivity index (χ3n) is 2.32. The average molecular weight is 203 g/mol. The molecule has 0 radical (unpaired) electrons. The molecule has 2 aliphatic rings. The second kappa shape index (κ2) is 3.65. The van der Waals surface area contributed by atoms with Gasteiger partial charge in [0.05, 0.1) is 18.6 Å². The van der Waals surface area contributed by atoms with Gasteiger partial charge in [-0.15, -0.1) is 0 Å². The molecular weight excluding hydrogens is 194 g/mol. The summed E-state index contributed by atoms with van der Waals surface area (Å²) in [5.74, 6) is -1.12. The van der Waals surface area contributed by atoms with Crippen LogP contribution in [0.3, 0.4) is 0 Å². The van der Waals surface area contributed by atoms with Crippen LogP contribution < -0.4 is 0 Å². The summed E-state index contributed by atoms with van der Waals surface area (Å²) in [6, 6.07) is 0. The molecule has 1 unspecified atom stereocenters. The fourth-order valence-electron chi connectivity index (χ4n) is 1.53. The summed E-state index contributed by atoms with van der Waals surface area (Å²) in [7, 11) is 1.31. The van der Waals surface area contributed by atoms with Crippen molar-refractivity contribution in [2.45, 2.75) is 0 Å². The molecular formula is C11H9NO3. The van der Waals surface area contributed by atoms with Crippen LogP contribution in [0.4, 0.5) is 0 Å². The van der Waals surface area contributed by atoms with Crippen molar-refractivity contribution >= 4 is 18.1 Å². The number of amides is 1. The largest absolute Gasteiger partial charge is 0.465 e. The van der Waals surface area contributed by atoms with Crippen molar-refractivity contribution < 1.29 is 14.3 Å². The van der Waals surface area contributed by atoms with Gasteiger partial charge in [-0.05, 0) is 17.7 Å². The van der Waals surface area contributed by atoms with Gasteiger partial charge < -0.3 is 4.74 Å². The van der Waals surface area contributed by atoms with Crippen molar-refractivity contribution in [3.8, 4) is 0 Å². The fourth-order valence-corrected chi connectivity index (χ4v) is 1.53. The Morgan fingerprint density at radius 2 is 2.27 bits per heavy atom. The predicted octanol–water partition coefficient (Wildman–Crippen LogP) is 0.809. The molecule has 0 bridgehead atoms. The van der Waals surface area contributed by atoms with E-state index in [1.807, 2.05) is 0 Å². The molecule has 0 aromatic carbocycles. The van der Waals surface area contributed by atoms with Gasteiger partial charge in [-0.3, -0.25) is 4.79 Å². The van der Waals surface area contributed by atoms with E-state index in [-0.39, 0.29) is 5.91 Å². The maximum atomic E-state index is 11.4. The zero-order valence-corrected chi connectivity index (χ0v) is 8.14. The Hall–Kier alpha value is -1.97. The van der Waals surface area contributed by atoms with Crippen LogP contribution in [0.25, 0.3) is 0 Å². The molecule has 1 aliphatic heterocycles. The van der Waals surface area contributed by atoms with Gasteiger partial charge in [0.25, 0.3) is 5.91 Å². The van der Waals surface area contributed by atoms with E-state index in [4.69, 9.17) is 0 Å². The number of esters is 1. The molecule has 0 N–H and O–H groups in total. The van der Waals surface area contributed by atoms with Crippen molar-refractivity contribution in [1.29, 1.82) is 0 Å². The third-order valence-corrected chi connectivity index (χ3v) is 2.32. The molecule has 1 aliphatic carbocycles. The number of methoxy groups -OCH3 is 1. The highest BCUT2D eigenvalue weighted by molar-refractivity contribution is 6.00. The van der Waals surface area contributed by atoms with Crippen LogP contribution in [0, 0.1) is 5.92 Å². The molecule has 1 atom stereocenters. The van der Waals surface area contributed by atoms with Gasteiger partial charge in [-0.25, -0.2) is 9.79 Å². The first kappa shape index (κ1) is 9.58. The SMILES string of the molecule is COC(=O)C1=CC2C(=O)N=CC=C2C=C1. The Morgan fingerprint density at radius 1 is 1.47 bits per heavy atom. The number of dihydropyridines is 1. The smallest absolute Gasteiger partial charge is 0.337 e. The first-order valence-electron chi connectivity index (χ1n) is 4.48. The number of fused-ring (bicyclic) bond motifs is 1. The van der Waals surface area contributed by atoms with Crippen molar-refractivity contribution in [2.75, 3.05) is 7.11 Å². The lowest BCUT2D eigenvalue weighted by Gasteiger charge is -2.17. The third kappa shape index (κ3) is 1.66. The van der Waals surface area contributed by atoms with Crippen molar-refractivity contribution in [3.63, 3.8) is 0 Å². The number of allylic oxidation sites excluding steroid dienone is 2. The summed E-state index contributed by atoms with van der Waals surface area (Å²) >= 11 is 0. The lowest BCUT2D eigenvalue weighted by atomic mass is 9.89. The Bertz CT molecular complexity index is 441. The van der Waals surface area contributed by atoms with Gasteiger partial charge in [0.2, 0.25) is 0 Å². The number of ether oxygens (including phenoxy) is 1. The lowest BCUT2D eigenvalue weighted by molar-refractivity contribution is -0.135. The van der Waals surface area contributed by atoms with Crippen molar-refractivity contribution in [2.24, 2.45) is 10.9 Å². The lowest BCUT2D eigenvalue weighted by Crippen LogP contribution is -2.19. The predicted molar refractivity (Wildman–Crippen MR) is 54.3 cm³/mol. The molecule has 76 valence electrons. The molecule has 0 saturated carbocycles. The normalized spacial score (nSPS) is 23.0. The van der Waals surface area contributed by atoms with E-state index in [2.05, 4.69) is 9.73 Å². The minimum absolute atomic E-state index is 0.252. The molecule has 4 heteroatoms. The van der Waals surface area contributed by atoms with E-state index < -0.39 is 11.9 Å². The second-order valence-electron chi connectivity index (χ2n) is 3.21. The maximum Gasteiger partial charge on any atom is 0.337 e. The highest BCUT2D eigenvalue weighted by Crippen LogP contribution is 2.25. The molecule has 4 nitrogen and oxygen atoms in total. The van der Waals surface area contributed by atoms with E-state index >= 15 is 0 Å². The molecule has 15 heavy (non-hydrogen) atoms. The standard InChI is InChI=1S/C11H9NO3/c1-15-11(14)8-3-2-7-4-5-12-10(13)9(7)6-8/h2-6,9H,1H3. The number of hydrogen-bond acceptors (Lipinski definition) is 3. The molecule has 1 heterocycles. The molecule has 2 rings (SSSR count). The number of aliphatic imine (C=N–C) groups is 1. The van der Waals surface area contributed by atoms with E-state index in [1.54, 1.807) is 24.3 Å². The van der Waals surface area contributed by atoms with Gasteiger partial charge >= 0.3 is 5.97 Å². The first-order valence-corrected chi connectivity index (χ1v) is 4.48. The van der Waals surface area contributed by atoms with Crippen LogP contribution in [0.5, 0.6) is 0 Å². The Kier molecular flexibility index (Phi) is 2.33. The van der Waals surface area contributed by atoms with E-state index in [1.165, 1.54) is 13.3 Å². The fraction of sp³-hybridized carbons (Fsp3) is 0.182. The van der Waals surface area contributed by atoms with Gasteiger partial charge in [0.1, 0.15) is 0 Å². The average Bonchev–Trinajstić information content (AvgIpc) is 2.28. The number of rotatable bonds is 1. The summed E-state index contributed by atoms with van der Waals surface area (Å²) in [6.45, 7) is 0. The number of hydrogen-bond donors (Lipinski definition) is 0. The molecule has 0 aromatic heterocycles. The molecule has 0 saturated heterocycles. The Morgan fingerprint density at radius 3 is 3.00 bits per heavy atom. The minimum atomic E-state index is -0.437. The van der Waals surface area contributed by atoms with Crippen LogP contribution in [0.15, 0.2) is 40.4 Å². The number of carbonyl (C=O) groups excluding carboxylic acids is 2. The van der Waals surface area contributed by atoms with Gasteiger partial charge in [-0.2, -0.15) is 0 Å². The quantitative estimate of drug-likeness (QED) is 0.592. The molecule has 0 spiro atoms. The second-order valence-corrected chi connectivity index (χ2v) is 3.21. The van der Waals surface area contributed by atoms with Gasteiger partial charge in [0, 0.05) is 6.21 Å². The summed E-state index contributed by atoms with van der Waals surface area (Å²) in [5, 5.41) is 0. The highest BCUT2D eigenvalue weighted by Gasteiger charge is 2.25. The van der Waals surface area contributed by atoms with E-state index in [0.717, 1.165) is 5.57 Å².